The highest BCUT2D eigenvalue weighted by Gasteiger charge is 2.19. The normalized spacial score (nSPS) is 23.4. The van der Waals surface area contributed by atoms with E-state index in [0.717, 1.165) is 25.1 Å². The number of hydrogen-bond acceptors (Lipinski definition) is 2. The summed E-state index contributed by atoms with van der Waals surface area (Å²) in [5.41, 5.74) is 2.67. The van der Waals surface area contributed by atoms with Crippen LogP contribution in [0.5, 0.6) is 0 Å². The molecule has 0 aromatic rings. The molecule has 0 radical (unpaired) electrons. The third-order valence-electron chi connectivity index (χ3n) is 2.07. The molecule has 0 aromatic carbocycles. The Hall–Kier alpha value is -0.540. The van der Waals surface area contributed by atoms with E-state index >= 15 is 0 Å². The highest BCUT2D eigenvalue weighted by Crippen LogP contribution is 2.05. The Morgan fingerprint density at radius 3 is 3.15 bits per heavy atom. The summed E-state index contributed by atoms with van der Waals surface area (Å²) in [5.74, 6) is 0.163. The molecule has 3 nitrogen and oxygen atoms in total. The molecule has 1 aliphatic rings. The van der Waals surface area contributed by atoms with Crippen molar-refractivity contribution >= 4 is 17.5 Å². The van der Waals surface area contributed by atoms with E-state index in [4.69, 9.17) is 11.6 Å². The van der Waals surface area contributed by atoms with Crippen molar-refractivity contribution in [3.8, 4) is 0 Å². The molecule has 2 N–H and O–H groups in total. The van der Waals surface area contributed by atoms with Crippen molar-refractivity contribution < 1.29 is 4.79 Å². The van der Waals surface area contributed by atoms with Crippen LogP contribution in [0.4, 0.5) is 0 Å². The Morgan fingerprint density at radius 1 is 1.85 bits per heavy atom. The average Bonchev–Trinajstić information content (AvgIpc) is 2.51. The van der Waals surface area contributed by atoms with Gasteiger partial charge in [-0.2, -0.15) is 0 Å². The first-order chi connectivity index (χ1) is 6.22. The van der Waals surface area contributed by atoms with Crippen molar-refractivity contribution in [3.05, 3.63) is 11.1 Å². The molecule has 1 unspecified atom stereocenters. The van der Waals surface area contributed by atoms with Crippen molar-refractivity contribution in [1.82, 2.24) is 10.6 Å². The van der Waals surface area contributed by atoms with Gasteiger partial charge in [0.15, 0.2) is 0 Å². The van der Waals surface area contributed by atoms with Gasteiger partial charge in [0.2, 0.25) is 5.91 Å². The van der Waals surface area contributed by atoms with Gasteiger partial charge in [-0.05, 0) is 18.9 Å². The van der Waals surface area contributed by atoms with E-state index < -0.39 is 0 Å². The fourth-order valence-corrected chi connectivity index (χ4v) is 1.39. The molecule has 1 fully saturated rings. The topological polar surface area (TPSA) is 41.1 Å². The summed E-state index contributed by atoms with van der Waals surface area (Å²) in [6, 6.07) is 0.302. The molecule has 0 spiro atoms. The van der Waals surface area contributed by atoms with Crippen LogP contribution in [0.2, 0.25) is 0 Å². The Balaban J connectivity index is 2.10. The fraction of sp³-hybridized carbons (Fsp3) is 0.667. The summed E-state index contributed by atoms with van der Waals surface area (Å²) in [6.45, 7) is 3.58. The lowest BCUT2D eigenvalue weighted by molar-refractivity contribution is -0.119. The summed E-state index contributed by atoms with van der Waals surface area (Å²) < 4.78 is 0. The minimum absolute atomic E-state index is 0.163. The van der Waals surface area contributed by atoms with E-state index in [-0.39, 0.29) is 5.91 Å². The molecule has 1 amide bonds. The quantitative estimate of drug-likeness (QED) is 0.714. The van der Waals surface area contributed by atoms with Crippen LogP contribution >= 0.6 is 11.6 Å². The van der Waals surface area contributed by atoms with Gasteiger partial charge in [0.1, 0.15) is 0 Å². The minimum Gasteiger partial charge on any atom is -0.352 e. The first-order valence-electron chi connectivity index (χ1n) is 4.48. The van der Waals surface area contributed by atoms with Crippen molar-refractivity contribution in [2.24, 2.45) is 0 Å². The van der Waals surface area contributed by atoms with E-state index in [1.165, 1.54) is 0 Å². The third-order valence-corrected chi connectivity index (χ3v) is 2.44. The van der Waals surface area contributed by atoms with E-state index in [1.54, 1.807) is 5.54 Å². The maximum atomic E-state index is 10.8. The van der Waals surface area contributed by atoms with Crippen LogP contribution < -0.4 is 10.6 Å². The van der Waals surface area contributed by atoms with Crippen LogP contribution in [-0.4, -0.2) is 25.0 Å². The average molecular weight is 203 g/mol. The van der Waals surface area contributed by atoms with Gasteiger partial charge in [0, 0.05) is 31.1 Å². The molecule has 0 bridgehead atoms. The molecule has 4 heteroatoms. The molecule has 1 heterocycles. The molecule has 0 aromatic heterocycles. The van der Waals surface area contributed by atoms with Crippen LogP contribution in [0.15, 0.2) is 11.1 Å². The summed E-state index contributed by atoms with van der Waals surface area (Å²) in [5, 5.41) is 6.12. The van der Waals surface area contributed by atoms with Crippen molar-refractivity contribution in [1.29, 1.82) is 0 Å². The second-order valence-electron chi connectivity index (χ2n) is 3.39. The van der Waals surface area contributed by atoms with Gasteiger partial charge in [-0.1, -0.05) is 11.6 Å². The molecular weight excluding hydrogens is 188 g/mol. The second kappa shape index (κ2) is 5.25. The zero-order valence-corrected chi connectivity index (χ0v) is 8.53. The van der Waals surface area contributed by atoms with Crippen LogP contribution in [0.1, 0.15) is 19.8 Å². The van der Waals surface area contributed by atoms with Gasteiger partial charge in [-0.25, -0.2) is 0 Å². The summed E-state index contributed by atoms with van der Waals surface area (Å²) in [6.07, 6.45) is 1.60. The first-order valence-corrected chi connectivity index (χ1v) is 4.92. The van der Waals surface area contributed by atoms with Crippen molar-refractivity contribution in [2.75, 3.05) is 13.1 Å². The van der Waals surface area contributed by atoms with Crippen molar-refractivity contribution in [3.63, 3.8) is 0 Å². The summed E-state index contributed by atoms with van der Waals surface area (Å²) >= 11 is 5.50. The Morgan fingerprint density at radius 2 is 2.62 bits per heavy atom. The summed E-state index contributed by atoms with van der Waals surface area (Å²) in [7, 11) is 0. The number of rotatable bonds is 4. The lowest BCUT2D eigenvalue weighted by Crippen LogP contribution is -2.36. The van der Waals surface area contributed by atoms with Crippen LogP contribution in [-0.2, 0) is 4.79 Å². The molecule has 1 atom stereocenters. The second-order valence-corrected chi connectivity index (χ2v) is 3.61. The molecule has 74 valence electrons. The van der Waals surface area contributed by atoms with Gasteiger partial charge in [0.05, 0.1) is 0 Å². The molecule has 13 heavy (non-hydrogen) atoms. The number of halogens is 1. The van der Waals surface area contributed by atoms with E-state index in [9.17, 15) is 4.79 Å². The Labute approximate surface area is 83.5 Å². The molecule has 0 saturated carbocycles. The standard InChI is InChI=1S/C9H15ClN2O/c1-7(4-10)5-11-6-8-2-3-9(13)12-8/h4,8,11H,2-3,5-6H2,1H3,(H,12,13). The highest BCUT2D eigenvalue weighted by molar-refractivity contribution is 6.25. The monoisotopic (exact) mass is 202 g/mol. The van der Waals surface area contributed by atoms with Gasteiger partial charge < -0.3 is 10.6 Å². The maximum Gasteiger partial charge on any atom is 0.220 e. The fourth-order valence-electron chi connectivity index (χ4n) is 1.31. The van der Waals surface area contributed by atoms with Crippen LogP contribution in [0.3, 0.4) is 0 Å². The zero-order chi connectivity index (χ0) is 9.68. The lowest BCUT2D eigenvalue weighted by Gasteiger charge is -2.10. The predicted molar refractivity (Wildman–Crippen MR) is 53.6 cm³/mol. The third kappa shape index (κ3) is 3.79. The summed E-state index contributed by atoms with van der Waals surface area (Å²) in [4.78, 5) is 10.8. The number of carbonyl (C=O) groups is 1. The highest BCUT2D eigenvalue weighted by atomic mass is 35.5. The first kappa shape index (κ1) is 10.5. The number of nitrogens with one attached hydrogen (secondary N) is 2. The van der Waals surface area contributed by atoms with E-state index in [0.29, 0.717) is 12.5 Å². The SMILES string of the molecule is CC(=CCl)CNCC1CCC(=O)N1. The lowest BCUT2D eigenvalue weighted by atomic mass is 10.2. The number of hydrogen-bond donors (Lipinski definition) is 2. The number of carbonyl (C=O) groups excluding carboxylic acids is 1. The largest absolute Gasteiger partial charge is 0.352 e. The molecule has 0 aliphatic carbocycles. The number of amides is 1. The minimum atomic E-state index is 0.163. The molecule has 1 saturated heterocycles. The Kier molecular flexibility index (Phi) is 4.25. The molecule has 1 rings (SSSR count). The van der Waals surface area contributed by atoms with Gasteiger partial charge in [-0.15, -0.1) is 0 Å². The smallest absolute Gasteiger partial charge is 0.220 e. The van der Waals surface area contributed by atoms with Gasteiger partial charge in [0.25, 0.3) is 0 Å². The molecular formula is C9H15ClN2O. The van der Waals surface area contributed by atoms with E-state index in [2.05, 4.69) is 10.6 Å². The van der Waals surface area contributed by atoms with Crippen LogP contribution in [0, 0.1) is 0 Å². The maximum absolute atomic E-state index is 10.8. The van der Waals surface area contributed by atoms with E-state index in [1.807, 2.05) is 6.92 Å². The van der Waals surface area contributed by atoms with Crippen molar-refractivity contribution in [2.45, 2.75) is 25.8 Å². The zero-order valence-electron chi connectivity index (χ0n) is 7.77. The van der Waals surface area contributed by atoms with Crippen LogP contribution in [0.25, 0.3) is 0 Å². The van der Waals surface area contributed by atoms with Gasteiger partial charge >= 0.3 is 0 Å². The predicted octanol–water partition coefficient (Wildman–Crippen LogP) is 0.997. The molecule has 1 aliphatic heterocycles. The Bertz CT molecular complexity index is 216. The van der Waals surface area contributed by atoms with Gasteiger partial charge in [-0.3, -0.25) is 4.79 Å².